The minimum absolute atomic E-state index is 0.120. The third kappa shape index (κ3) is 3.39. The van der Waals surface area contributed by atoms with Crippen LogP contribution in [-0.4, -0.2) is 32.8 Å². The summed E-state index contributed by atoms with van der Waals surface area (Å²) in [6.07, 6.45) is 0. The van der Waals surface area contributed by atoms with Gasteiger partial charge in [-0.3, -0.25) is 4.79 Å². The molecule has 0 saturated heterocycles. The van der Waals surface area contributed by atoms with Gasteiger partial charge in [0, 0.05) is 5.56 Å². The number of ether oxygens (including phenoxy) is 1. The first-order valence-corrected chi connectivity index (χ1v) is 9.22. The Hall–Kier alpha value is -3.26. The van der Waals surface area contributed by atoms with Gasteiger partial charge in [-0.15, -0.1) is 21.5 Å². The van der Waals surface area contributed by atoms with Gasteiger partial charge in [0.15, 0.2) is 11.5 Å². The monoisotopic (exact) mass is 379 g/mol. The second kappa shape index (κ2) is 7.16. The molecule has 4 rings (SSSR count). The van der Waals surface area contributed by atoms with Crippen molar-refractivity contribution in [2.45, 2.75) is 13.5 Å². The van der Waals surface area contributed by atoms with Gasteiger partial charge in [-0.25, -0.2) is 0 Å². The van der Waals surface area contributed by atoms with Crippen LogP contribution in [0.1, 0.15) is 21.1 Å². The number of aromatic nitrogens is 4. The molecule has 0 spiro atoms. The summed E-state index contributed by atoms with van der Waals surface area (Å²) in [5.41, 5.74) is 3.33. The number of hydrogen-bond donors (Lipinski definition) is 1. The van der Waals surface area contributed by atoms with Crippen molar-refractivity contribution in [1.82, 2.24) is 25.1 Å². The van der Waals surface area contributed by atoms with E-state index >= 15 is 0 Å². The smallest absolute Gasteiger partial charge is 0.261 e. The molecule has 27 heavy (non-hydrogen) atoms. The Balaban J connectivity index is 1.58. The highest BCUT2D eigenvalue weighted by molar-refractivity contribution is 7.12. The van der Waals surface area contributed by atoms with Crippen molar-refractivity contribution in [3.8, 4) is 17.0 Å². The molecular formula is C19H17N5O2S. The Kier molecular flexibility index (Phi) is 4.55. The molecule has 0 fully saturated rings. The SMILES string of the molecule is COc1ccc(-c2ccc3nnc(CNC(=O)c4sccc4C)n3n2)cc1. The highest BCUT2D eigenvalue weighted by atomic mass is 32.1. The number of thiophene rings is 1. The maximum Gasteiger partial charge on any atom is 0.261 e. The molecule has 1 amide bonds. The number of rotatable bonds is 5. The minimum Gasteiger partial charge on any atom is -0.497 e. The van der Waals surface area contributed by atoms with Crippen molar-refractivity contribution in [3.05, 3.63) is 64.1 Å². The van der Waals surface area contributed by atoms with Gasteiger partial charge in [-0.1, -0.05) is 0 Å². The van der Waals surface area contributed by atoms with Gasteiger partial charge in [0.25, 0.3) is 5.91 Å². The molecule has 0 unspecified atom stereocenters. The molecule has 8 heteroatoms. The first-order valence-electron chi connectivity index (χ1n) is 8.34. The third-order valence-corrected chi connectivity index (χ3v) is 5.20. The molecule has 3 aromatic heterocycles. The summed E-state index contributed by atoms with van der Waals surface area (Å²) in [6, 6.07) is 13.3. The number of hydrogen-bond acceptors (Lipinski definition) is 6. The molecule has 0 saturated carbocycles. The number of benzene rings is 1. The molecule has 0 bridgehead atoms. The van der Waals surface area contributed by atoms with Gasteiger partial charge >= 0.3 is 0 Å². The zero-order valence-corrected chi connectivity index (χ0v) is 15.7. The van der Waals surface area contributed by atoms with E-state index in [-0.39, 0.29) is 12.5 Å². The van der Waals surface area contributed by atoms with Gasteiger partial charge in [-0.05, 0) is 60.3 Å². The largest absolute Gasteiger partial charge is 0.497 e. The molecule has 0 radical (unpaired) electrons. The van der Waals surface area contributed by atoms with E-state index in [9.17, 15) is 4.79 Å². The van der Waals surface area contributed by atoms with Crippen molar-refractivity contribution < 1.29 is 9.53 Å². The van der Waals surface area contributed by atoms with Gasteiger partial charge in [-0.2, -0.15) is 9.61 Å². The Morgan fingerprint density at radius 3 is 2.67 bits per heavy atom. The van der Waals surface area contributed by atoms with Crippen LogP contribution >= 0.6 is 11.3 Å². The quantitative estimate of drug-likeness (QED) is 0.576. The maximum atomic E-state index is 12.3. The molecule has 136 valence electrons. The van der Waals surface area contributed by atoms with Gasteiger partial charge in [0.05, 0.1) is 24.2 Å². The van der Waals surface area contributed by atoms with E-state index in [1.54, 1.807) is 11.6 Å². The Morgan fingerprint density at radius 1 is 1.15 bits per heavy atom. The topological polar surface area (TPSA) is 81.4 Å². The van der Waals surface area contributed by atoms with Crippen LogP contribution < -0.4 is 10.1 Å². The van der Waals surface area contributed by atoms with Crippen LogP contribution in [0, 0.1) is 6.92 Å². The molecule has 0 aliphatic rings. The Morgan fingerprint density at radius 2 is 1.96 bits per heavy atom. The highest BCUT2D eigenvalue weighted by Crippen LogP contribution is 2.21. The van der Waals surface area contributed by atoms with Crippen LogP contribution in [0.15, 0.2) is 47.8 Å². The average molecular weight is 379 g/mol. The number of amides is 1. The van der Waals surface area contributed by atoms with Gasteiger partial charge in [0.2, 0.25) is 0 Å². The normalized spacial score (nSPS) is 10.9. The van der Waals surface area contributed by atoms with E-state index in [1.165, 1.54) is 11.3 Å². The second-order valence-electron chi connectivity index (χ2n) is 5.95. The summed E-state index contributed by atoms with van der Waals surface area (Å²) in [6.45, 7) is 2.16. The Bertz CT molecular complexity index is 1100. The fourth-order valence-corrected chi connectivity index (χ4v) is 3.55. The second-order valence-corrected chi connectivity index (χ2v) is 6.86. The number of nitrogens with one attached hydrogen (secondary N) is 1. The number of carbonyl (C=O) groups is 1. The lowest BCUT2D eigenvalue weighted by molar-refractivity contribution is 0.0953. The van der Waals surface area contributed by atoms with Crippen LogP contribution in [0.25, 0.3) is 16.9 Å². The lowest BCUT2D eigenvalue weighted by Crippen LogP contribution is -2.24. The number of fused-ring (bicyclic) bond motifs is 1. The highest BCUT2D eigenvalue weighted by Gasteiger charge is 2.13. The summed E-state index contributed by atoms with van der Waals surface area (Å²) in [4.78, 5) is 13.0. The molecule has 0 atom stereocenters. The first kappa shape index (κ1) is 17.2. The molecule has 0 aliphatic carbocycles. The number of methoxy groups -OCH3 is 1. The van der Waals surface area contributed by atoms with E-state index in [1.807, 2.05) is 54.8 Å². The van der Waals surface area contributed by atoms with Crippen molar-refractivity contribution in [3.63, 3.8) is 0 Å². The van der Waals surface area contributed by atoms with Crippen LogP contribution in [0.2, 0.25) is 0 Å². The van der Waals surface area contributed by atoms with E-state index in [0.29, 0.717) is 16.3 Å². The van der Waals surface area contributed by atoms with Crippen molar-refractivity contribution >= 4 is 22.9 Å². The van der Waals surface area contributed by atoms with Crippen molar-refractivity contribution in [1.29, 1.82) is 0 Å². The average Bonchev–Trinajstić information content (AvgIpc) is 3.31. The maximum absolute atomic E-state index is 12.3. The molecular weight excluding hydrogens is 362 g/mol. The zero-order valence-electron chi connectivity index (χ0n) is 14.8. The fraction of sp³-hybridized carbons (Fsp3) is 0.158. The van der Waals surface area contributed by atoms with Crippen LogP contribution in [-0.2, 0) is 6.54 Å². The third-order valence-electron chi connectivity index (χ3n) is 4.19. The number of carbonyl (C=O) groups excluding carboxylic acids is 1. The standard InChI is InChI=1S/C19H17N5O2S/c1-12-9-10-27-18(12)19(25)20-11-17-22-21-16-8-7-15(23-24(16)17)13-3-5-14(26-2)6-4-13/h3-10H,11H2,1-2H3,(H,20,25). The van der Waals surface area contributed by atoms with E-state index in [0.717, 1.165) is 22.6 Å². The Labute approximate surface area is 159 Å². The lowest BCUT2D eigenvalue weighted by Gasteiger charge is -2.06. The lowest BCUT2D eigenvalue weighted by atomic mass is 10.1. The predicted molar refractivity (Wildman–Crippen MR) is 103 cm³/mol. The molecule has 0 aliphatic heterocycles. The van der Waals surface area contributed by atoms with Gasteiger partial charge < -0.3 is 10.1 Å². The first-order chi connectivity index (χ1) is 13.2. The fourth-order valence-electron chi connectivity index (χ4n) is 2.70. The molecule has 1 N–H and O–H groups in total. The summed E-state index contributed by atoms with van der Waals surface area (Å²) in [7, 11) is 1.63. The predicted octanol–water partition coefficient (Wildman–Crippen LogP) is 3.10. The zero-order chi connectivity index (χ0) is 18.8. The van der Waals surface area contributed by atoms with Crippen molar-refractivity contribution in [2.75, 3.05) is 7.11 Å². The molecule has 3 heterocycles. The summed E-state index contributed by atoms with van der Waals surface area (Å²) >= 11 is 1.42. The van der Waals surface area contributed by atoms with Crippen LogP contribution in [0.5, 0.6) is 5.75 Å². The number of aryl methyl sites for hydroxylation is 1. The van der Waals surface area contributed by atoms with Gasteiger partial charge in [0.1, 0.15) is 5.75 Å². The summed E-state index contributed by atoms with van der Waals surface area (Å²) in [5.74, 6) is 1.24. The number of nitrogens with zero attached hydrogens (tertiary/aromatic N) is 4. The van der Waals surface area contributed by atoms with E-state index in [4.69, 9.17) is 4.74 Å². The van der Waals surface area contributed by atoms with Crippen LogP contribution in [0.3, 0.4) is 0 Å². The summed E-state index contributed by atoms with van der Waals surface area (Å²) < 4.78 is 6.84. The van der Waals surface area contributed by atoms with Crippen molar-refractivity contribution in [2.24, 2.45) is 0 Å². The van der Waals surface area contributed by atoms with Crippen LogP contribution in [0.4, 0.5) is 0 Å². The molecule has 7 nitrogen and oxygen atoms in total. The minimum atomic E-state index is -0.120. The molecule has 4 aromatic rings. The molecule has 1 aromatic carbocycles. The van der Waals surface area contributed by atoms with E-state index < -0.39 is 0 Å². The van der Waals surface area contributed by atoms with E-state index in [2.05, 4.69) is 20.6 Å². The summed E-state index contributed by atoms with van der Waals surface area (Å²) in [5, 5.41) is 17.7.